The molecule has 0 radical (unpaired) electrons. The topological polar surface area (TPSA) is 79.7 Å². The maximum Gasteiger partial charge on any atom is 0.231 e. The first kappa shape index (κ1) is 15.6. The van der Waals surface area contributed by atoms with Gasteiger partial charge in [-0.2, -0.15) is 0 Å². The highest BCUT2D eigenvalue weighted by molar-refractivity contribution is 5.83. The number of hydrogen-bond acceptors (Lipinski definition) is 6. The quantitative estimate of drug-likeness (QED) is 0.543. The zero-order chi connectivity index (χ0) is 18.4. The molecule has 2 N–H and O–H groups in total. The van der Waals surface area contributed by atoms with Gasteiger partial charge in [0.25, 0.3) is 0 Å². The zero-order valence-electron chi connectivity index (χ0n) is 14.6. The molecule has 134 valence electrons. The van der Waals surface area contributed by atoms with Gasteiger partial charge in [0, 0.05) is 5.56 Å². The molecule has 0 aliphatic carbocycles. The maximum atomic E-state index is 5.99. The molecular formula is C21H16N2O4. The van der Waals surface area contributed by atoms with Crippen molar-refractivity contribution in [2.45, 2.75) is 0 Å². The largest absolute Gasteiger partial charge is 0.495 e. The monoisotopic (exact) mass is 360 g/mol. The number of aromatic nitrogens is 1. The van der Waals surface area contributed by atoms with Crippen LogP contribution in [0.2, 0.25) is 0 Å². The smallest absolute Gasteiger partial charge is 0.231 e. The Hall–Kier alpha value is -3.67. The van der Waals surface area contributed by atoms with Crippen molar-refractivity contribution in [2.75, 3.05) is 19.6 Å². The lowest BCUT2D eigenvalue weighted by molar-refractivity contribution is 0.174. The van der Waals surface area contributed by atoms with E-state index in [2.05, 4.69) is 4.98 Å². The Kier molecular flexibility index (Phi) is 3.43. The van der Waals surface area contributed by atoms with Crippen LogP contribution in [0.25, 0.3) is 33.7 Å². The summed E-state index contributed by atoms with van der Waals surface area (Å²) >= 11 is 0. The average molecular weight is 360 g/mol. The third-order valence-electron chi connectivity index (χ3n) is 4.57. The molecule has 3 aromatic carbocycles. The van der Waals surface area contributed by atoms with Crippen LogP contribution in [0.4, 0.5) is 5.69 Å². The molecule has 0 saturated carbocycles. The highest BCUT2D eigenvalue weighted by atomic mass is 16.7. The predicted molar refractivity (Wildman–Crippen MR) is 102 cm³/mol. The minimum Gasteiger partial charge on any atom is -0.495 e. The lowest BCUT2D eigenvalue weighted by atomic mass is 10.0. The number of nitrogens with two attached hydrogens (primary N) is 1. The normalized spacial score (nSPS) is 12.5. The van der Waals surface area contributed by atoms with E-state index in [4.69, 9.17) is 24.4 Å². The van der Waals surface area contributed by atoms with Gasteiger partial charge < -0.3 is 24.4 Å². The fourth-order valence-electron chi connectivity index (χ4n) is 3.17. The van der Waals surface area contributed by atoms with Gasteiger partial charge in [-0.1, -0.05) is 12.1 Å². The SMILES string of the molecule is COc1ccc(-c2nc3cc(-c4ccc5c(c4)OCO5)ccc3o2)cc1N. The van der Waals surface area contributed by atoms with Crippen molar-refractivity contribution >= 4 is 16.8 Å². The van der Waals surface area contributed by atoms with Gasteiger partial charge in [0.15, 0.2) is 17.1 Å². The van der Waals surface area contributed by atoms with Crippen LogP contribution in [0, 0.1) is 0 Å². The summed E-state index contributed by atoms with van der Waals surface area (Å²) in [7, 11) is 1.59. The van der Waals surface area contributed by atoms with Crippen LogP contribution in [0.5, 0.6) is 17.2 Å². The lowest BCUT2D eigenvalue weighted by Gasteiger charge is -2.04. The summed E-state index contributed by atoms with van der Waals surface area (Å²) in [5.41, 5.74) is 10.9. The van der Waals surface area contributed by atoms with Crippen LogP contribution in [0.3, 0.4) is 0 Å². The minimum atomic E-state index is 0.259. The molecule has 0 spiro atoms. The van der Waals surface area contributed by atoms with Gasteiger partial charge in [-0.15, -0.1) is 0 Å². The fourth-order valence-corrected chi connectivity index (χ4v) is 3.17. The van der Waals surface area contributed by atoms with Gasteiger partial charge in [-0.3, -0.25) is 0 Å². The van der Waals surface area contributed by atoms with Gasteiger partial charge in [0.05, 0.1) is 12.8 Å². The molecule has 0 saturated heterocycles. The predicted octanol–water partition coefficient (Wildman–Crippen LogP) is 4.48. The van der Waals surface area contributed by atoms with E-state index >= 15 is 0 Å². The van der Waals surface area contributed by atoms with Crippen LogP contribution in [-0.4, -0.2) is 18.9 Å². The van der Waals surface area contributed by atoms with Crippen LogP contribution >= 0.6 is 0 Å². The molecule has 2 heterocycles. The molecule has 27 heavy (non-hydrogen) atoms. The zero-order valence-corrected chi connectivity index (χ0v) is 14.6. The highest BCUT2D eigenvalue weighted by Crippen LogP contribution is 2.37. The molecule has 1 aromatic heterocycles. The number of oxazole rings is 1. The molecule has 0 unspecified atom stereocenters. The number of anilines is 1. The minimum absolute atomic E-state index is 0.259. The highest BCUT2D eigenvalue weighted by Gasteiger charge is 2.15. The molecule has 4 aromatic rings. The van der Waals surface area contributed by atoms with Crippen molar-refractivity contribution in [3.8, 4) is 39.8 Å². The summed E-state index contributed by atoms with van der Waals surface area (Å²) in [5.74, 6) is 2.66. The number of ether oxygens (including phenoxy) is 3. The second-order valence-corrected chi connectivity index (χ2v) is 6.23. The van der Waals surface area contributed by atoms with E-state index in [1.54, 1.807) is 19.2 Å². The van der Waals surface area contributed by atoms with Gasteiger partial charge >= 0.3 is 0 Å². The molecule has 0 fully saturated rings. The van der Waals surface area contributed by atoms with Crippen LogP contribution in [-0.2, 0) is 0 Å². The van der Waals surface area contributed by atoms with E-state index in [0.29, 0.717) is 22.9 Å². The van der Waals surface area contributed by atoms with Crippen molar-refractivity contribution in [3.05, 3.63) is 54.6 Å². The Labute approximate surface area is 155 Å². The van der Waals surface area contributed by atoms with Gasteiger partial charge in [0.2, 0.25) is 12.7 Å². The first-order valence-corrected chi connectivity index (χ1v) is 8.46. The molecular weight excluding hydrogens is 344 g/mol. The summed E-state index contributed by atoms with van der Waals surface area (Å²) in [6.07, 6.45) is 0. The number of rotatable bonds is 3. The average Bonchev–Trinajstić information content (AvgIpc) is 3.33. The Morgan fingerprint density at radius 2 is 1.67 bits per heavy atom. The number of hydrogen-bond donors (Lipinski definition) is 1. The number of benzene rings is 3. The van der Waals surface area contributed by atoms with Gasteiger partial charge in [-0.25, -0.2) is 4.98 Å². The van der Waals surface area contributed by atoms with Crippen molar-refractivity contribution in [2.24, 2.45) is 0 Å². The summed E-state index contributed by atoms with van der Waals surface area (Å²) in [4.78, 5) is 4.62. The molecule has 0 amide bonds. The molecule has 1 aliphatic rings. The summed E-state index contributed by atoms with van der Waals surface area (Å²) < 4.78 is 21.9. The Balaban J connectivity index is 1.54. The van der Waals surface area contributed by atoms with Crippen molar-refractivity contribution < 1.29 is 18.6 Å². The third kappa shape index (κ3) is 2.62. The first-order chi connectivity index (χ1) is 13.2. The molecule has 6 heteroatoms. The van der Waals surface area contributed by atoms with Crippen LogP contribution in [0.1, 0.15) is 0 Å². The third-order valence-corrected chi connectivity index (χ3v) is 4.57. The van der Waals surface area contributed by atoms with E-state index < -0.39 is 0 Å². The molecule has 6 nitrogen and oxygen atoms in total. The van der Waals surface area contributed by atoms with Crippen LogP contribution < -0.4 is 19.9 Å². The Bertz CT molecular complexity index is 1170. The van der Waals surface area contributed by atoms with Crippen molar-refractivity contribution in [3.63, 3.8) is 0 Å². The molecule has 1 aliphatic heterocycles. The molecule has 0 atom stereocenters. The Morgan fingerprint density at radius 1 is 0.889 bits per heavy atom. The summed E-state index contributed by atoms with van der Waals surface area (Å²) in [6, 6.07) is 17.3. The second kappa shape index (κ2) is 5.95. The first-order valence-electron chi connectivity index (χ1n) is 8.46. The van der Waals surface area contributed by atoms with Crippen molar-refractivity contribution in [1.82, 2.24) is 4.98 Å². The number of fused-ring (bicyclic) bond motifs is 2. The van der Waals surface area contributed by atoms with Crippen molar-refractivity contribution in [1.29, 1.82) is 0 Å². The van der Waals surface area contributed by atoms with Gasteiger partial charge in [0.1, 0.15) is 11.3 Å². The summed E-state index contributed by atoms with van der Waals surface area (Å²) in [5, 5.41) is 0. The lowest BCUT2D eigenvalue weighted by Crippen LogP contribution is -1.92. The van der Waals surface area contributed by atoms with E-state index in [-0.39, 0.29) is 6.79 Å². The van der Waals surface area contributed by atoms with E-state index in [1.165, 1.54) is 0 Å². The summed E-state index contributed by atoms with van der Waals surface area (Å²) in [6.45, 7) is 0.259. The van der Waals surface area contributed by atoms with E-state index in [0.717, 1.165) is 33.7 Å². The van der Waals surface area contributed by atoms with E-state index in [1.807, 2.05) is 42.5 Å². The van der Waals surface area contributed by atoms with Gasteiger partial charge in [-0.05, 0) is 53.6 Å². The standard InChI is InChI=1S/C21H16N2O4/c1-24-17-5-4-14(8-15(17)22)21-23-16-9-12(2-6-18(16)27-21)13-3-7-19-20(10-13)26-11-25-19/h2-10H,11,22H2,1H3. The molecule has 0 bridgehead atoms. The fraction of sp³-hybridized carbons (Fsp3) is 0.0952. The second-order valence-electron chi connectivity index (χ2n) is 6.23. The van der Waals surface area contributed by atoms with Crippen LogP contribution in [0.15, 0.2) is 59.0 Å². The number of nitrogen functional groups attached to an aromatic ring is 1. The number of nitrogens with zero attached hydrogens (tertiary/aromatic N) is 1. The number of methoxy groups -OCH3 is 1. The van der Waals surface area contributed by atoms with E-state index in [9.17, 15) is 0 Å². The Morgan fingerprint density at radius 3 is 2.52 bits per heavy atom. The molecule has 5 rings (SSSR count). The maximum absolute atomic E-state index is 5.99.